The van der Waals surface area contributed by atoms with Crippen molar-refractivity contribution in [2.24, 2.45) is 0 Å². The molecule has 3 aromatic rings. The summed E-state index contributed by atoms with van der Waals surface area (Å²) in [7, 11) is 1.63. The Hall–Kier alpha value is -3.12. The van der Waals surface area contributed by atoms with Crippen molar-refractivity contribution in [2.75, 3.05) is 31.6 Å². The Kier molecular flexibility index (Phi) is 6.19. The molecule has 2 fully saturated rings. The van der Waals surface area contributed by atoms with Crippen molar-refractivity contribution in [2.45, 2.75) is 56.5 Å². The van der Waals surface area contributed by atoms with Crippen LogP contribution >= 0.6 is 0 Å². The number of rotatable bonds is 6. The molecule has 1 aliphatic carbocycles. The number of hydrogen-bond donors (Lipinski definition) is 4. The van der Waals surface area contributed by atoms with Crippen LogP contribution in [0.4, 0.5) is 19.0 Å². The van der Waals surface area contributed by atoms with Crippen LogP contribution < -0.4 is 10.2 Å². The fraction of sp³-hybridized carbons (Fsp3) is 0.542. The van der Waals surface area contributed by atoms with E-state index in [9.17, 15) is 23.1 Å². The van der Waals surface area contributed by atoms with Gasteiger partial charge in [-0.2, -0.15) is 18.3 Å². The number of nitrogens with one attached hydrogen (secondary N) is 3. The van der Waals surface area contributed by atoms with Crippen LogP contribution in [0.25, 0.3) is 10.9 Å². The molecule has 3 heterocycles. The van der Waals surface area contributed by atoms with E-state index in [1.807, 2.05) is 6.92 Å². The minimum absolute atomic E-state index is 0.0205. The maximum atomic E-state index is 13.1. The van der Waals surface area contributed by atoms with E-state index in [-0.39, 0.29) is 18.5 Å². The fourth-order valence-electron chi connectivity index (χ4n) is 5.26. The fourth-order valence-corrected chi connectivity index (χ4v) is 5.26. The van der Waals surface area contributed by atoms with Crippen molar-refractivity contribution in [3.05, 3.63) is 41.5 Å². The highest BCUT2D eigenvalue weighted by molar-refractivity contribution is 5.92. The second-order valence-electron chi connectivity index (χ2n) is 10.1. The number of carbonyl (C=O) groups excluding carboxylic acids is 1. The van der Waals surface area contributed by atoms with E-state index in [0.29, 0.717) is 41.4 Å². The first-order valence-electron chi connectivity index (χ1n) is 12.1. The molecule has 1 aliphatic heterocycles. The van der Waals surface area contributed by atoms with Crippen LogP contribution in [0.15, 0.2) is 24.4 Å². The first kappa shape index (κ1) is 24.6. The highest BCUT2D eigenvalue weighted by atomic mass is 19.4. The summed E-state index contributed by atoms with van der Waals surface area (Å²) in [5, 5.41) is 21.1. The van der Waals surface area contributed by atoms with Gasteiger partial charge in [0.1, 0.15) is 11.4 Å². The standard InChI is InChI=1S/C24H30F3N7O2/c1-14-10-28-22(29-14)23(36)7-5-17(6-8-23)34-11-16(12-34)30-20(35)13-33(2)21-18-9-15(24(25,26)27)3-4-19(18)31-32-21/h3-4,9-10,16-17,36H,5-8,11-13H2,1-2H3,(H,28,29)(H,30,35)(H,31,32). The molecule has 4 N–H and O–H groups in total. The number of nitrogens with zero attached hydrogens (tertiary/aromatic N) is 4. The highest BCUT2D eigenvalue weighted by Gasteiger charge is 2.41. The van der Waals surface area contributed by atoms with Crippen LogP contribution in [0.3, 0.4) is 0 Å². The first-order chi connectivity index (χ1) is 17.0. The van der Waals surface area contributed by atoms with Crippen molar-refractivity contribution >= 4 is 22.6 Å². The number of H-pyrrole nitrogens is 2. The lowest BCUT2D eigenvalue weighted by Gasteiger charge is -2.47. The monoisotopic (exact) mass is 505 g/mol. The van der Waals surface area contributed by atoms with E-state index in [0.717, 1.165) is 43.8 Å². The normalized spacial score (nSPS) is 23.6. The number of carbonyl (C=O) groups is 1. The first-order valence-corrected chi connectivity index (χ1v) is 12.1. The van der Waals surface area contributed by atoms with Gasteiger partial charge in [-0.15, -0.1) is 0 Å². The summed E-state index contributed by atoms with van der Waals surface area (Å²) < 4.78 is 39.3. The molecule has 12 heteroatoms. The highest BCUT2D eigenvalue weighted by Crippen LogP contribution is 2.38. The number of imidazole rings is 1. The van der Waals surface area contributed by atoms with E-state index < -0.39 is 17.3 Å². The predicted octanol–water partition coefficient (Wildman–Crippen LogP) is 2.68. The Balaban J connectivity index is 1.10. The lowest BCUT2D eigenvalue weighted by Crippen LogP contribution is -2.63. The van der Waals surface area contributed by atoms with Crippen LogP contribution in [0.5, 0.6) is 0 Å². The third kappa shape index (κ3) is 4.79. The molecule has 0 bridgehead atoms. The number of likely N-dealkylation sites (N-methyl/N-ethyl adjacent to an activating group) is 1. The number of aryl methyl sites for hydroxylation is 1. The molecule has 9 nitrogen and oxygen atoms in total. The van der Waals surface area contributed by atoms with Gasteiger partial charge in [0.05, 0.1) is 23.7 Å². The van der Waals surface area contributed by atoms with Gasteiger partial charge in [-0.3, -0.25) is 14.8 Å². The van der Waals surface area contributed by atoms with Crippen LogP contribution in [-0.2, 0) is 16.6 Å². The van der Waals surface area contributed by atoms with Crippen LogP contribution in [0.2, 0.25) is 0 Å². The minimum atomic E-state index is -4.45. The molecule has 0 unspecified atom stereocenters. The summed E-state index contributed by atoms with van der Waals surface area (Å²) in [6.45, 7) is 3.36. The molecular weight excluding hydrogens is 475 g/mol. The smallest absolute Gasteiger partial charge is 0.382 e. The molecule has 1 saturated carbocycles. The van der Waals surface area contributed by atoms with Crippen LogP contribution in [0, 0.1) is 6.92 Å². The zero-order valence-corrected chi connectivity index (χ0v) is 20.2. The molecule has 2 aromatic heterocycles. The van der Waals surface area contributed by atoms with E-state index in [2.05, 4.69) is 30.4 Å². The number of hydrogen-bond acceptors (Lipinski definition) is 6. The van der Waals surface area contributed by atoms with Gasteiger partial charge < -0.3 is 20.3 Å². The van der Waals surface area contributed by atoms with Crippen molar-refractivity contribution in [1.82, 2.24) is 30.4 Å². The Labute approximate surface area is 206 Å². The second kappa shape index (κ2) is 9.07. The number of aromatic nitrogens is 4. The number of aliphatic hydroxyl groups is 1. The van der Waals surface area contributed by atoms with E-state index >= 15 is 0 Å². The third-order valence-corrected chi connectivity index (χ3v) is 7.33. The van der Waals surface area contributed by atoms with Gasteiger partial charge in [0.25, 0.3) is 0 Å². The van der Waals surface area contributed by atoms with Gasteiger partial charge in [0, 0.05) is 43.5 Å². The lowest BCUT2D eigenvalue weighted by atomic mass is 9.80. The summed E-state index contributed by atoms with van der Waals surface area (Å²) in [5.41, 5.74) is -0.267. The largest absolute Gasteiger partial charge is 0.416 e. The molecule has 5 rings (SSSR count). The molecule has 0 spiro atoms. The predicted molar refractivity (Wildman–Crippen MR) is 127 cm³/mol. The Morgan fingerprint density at radius 3 is 2.67 bits per heavy atom. The van der Waals surface area contributed by atoms with Crippen molar-refractivity contribution < 1.29 is 23.1 Å². The van der Waals surface area contributed by atoms with Crippen LogP contribution in [0.1, 0.15) is 42.8 Å². The van der Waals surface area contributed by atoms with Gasteiger partial charge in [0.15, 0.2) is 5.82 Å². The van der Waals surface area contributed by atoms with E-state index in [1.54, 1.807) is 18.1 Å². The number of aromatic amines is 2. The molecule has 2 aliphatic rings. The Morgan fingerprint density at radius 2 is 2.03 bits per heavy atom. The maximum Gasteiger partial charge on any atom is 0.416 e. The quantitative estimate of drug-likeness (QED) is 0.410. The third-order valence-electron chi connectivity index (χ3n) is 7.33. The molecule has 0 radical (unpaired) electrons. The van der Waals surface area contributed by atoms with Gasteiger partial charge >= 0.3 is 6.18 Å². The van der Waals surface area contributed by atoms with E-state index in [1.165, 1.54) is 6.07 Å². The zero-order valence-electron chi connectivity index (χ0n) is 20.2. The van der Waals surface area contributed by atoms with Crippen LogP contribution in [-0.4, -0.2) is 74.8 Å². The van der Waals surface area contributed by atoms with Gasteiger partial charge in [-0.05, 0) is 50.8 Å². The number of halogens is 3. The van der Waals surface area contributed by atoms with Gasteiger partial charge in [0.2, 0.25) is 5.91 Å². The van der Waals surface area contributed by atoms with Gasteiger partial charge in [-0.1, -0.05) is 0 Å². The van der Waals surface area contributed by atoms with Crippen molar-refractivity contribution in [1.29, 1.82) is 0 Å². The molecule has 1 amide bonds. The number of fused-ring (bicyclic) bond motifs is 1. The summed E-state index contributed by atoms with van der Waals surface area (Å²) in [6, 6.07) is 3.77. The Morgan fingerprint density at radius 1 is 1.31 bits per heavy atom. The number of amides is 1. The maximum absolute atomic E-state index is 13.1. The molecule has 1 aromatic carbocycles. The zero-order chi connectivity index (χ0) is 25.7. The topological polar surface area (TPSA) is 113 Å². The van der Waals surface area contributed by atoms with Crippen molar-refractivity contribution in [3.8, 4) is 0 Å². The minimum Gasteiger partial charge on any atom is -0.382 e. The van der Waals surface area contributed by atoms with Gasteiger partial charge in [-0.25, -0.2) is 4.98 Å². The average Bonchev–Trinajstić information content (AvgIpc) is 3.42. The summed E-state index contributed by atoms with van der Waals surface area (Å²) in [4.78, 5) is 23.9. The lowest BCUT2D eigenvalue weighted by molar-refractivity contribution is -0.137. The molecule has 1 saturated heterocycles. The number of likely N-dealkylation sites (tertiary alicyclic amines) is 1. The summed E-state index contributed by atoms with van der Waals surface area (Å²) in [5.74, 6) is 0.718. The number of alkyl halides is 3. The number of benzene rings is 1. The summed E-state index contributed by atoms with van der Waals surface area (Å²) in [6.07, 6.45) is 0.252. The average molecular weight is 506 g/mol. The SMILES string of the molecule is Cc1cnc(C2(O)CCC(N3CC(NC(=O)CN(C)c4n[nH]c5ccc(C(F)(F)F)cc45)C3)CC2)[nH]1. The molecule has 0 atom stereocenters. The molecule has 194 valence electrons. The number of anilines is 1. The summed E-state index contributed by atoms with van der Waals surface area (Å²) >= 11 is 0. The molecular formula is C24H30F3N7O2. The van der Waals surface area contributed by atoms with Crippen molar-refractivity contribution in [3.63, 3.8) is 0 Å². The van der Waals surface area contributed by atoms with E-state index in [4.69, 9.17) is 0 Å². The molecule has 36 heavy (non-hydrogen) atoms. The Bertz CT molecular complexity index is 1240. The second-order valence-corrected chi connectivity index (χ2v) is 10.1.